The fourth-order valence-electron chi connectivity index (χ4n) is 2.32. The van der Waals surface area contributed by atoms with Gasteiger partial charge in [0.05, 0.1) is 6.20 Å². The molecular formula is C20H17FN2O3S. The van der Waals surface area contributed by atoms with Crippen LogP contribution in [0.4, 0.5) is 10.1 Å². The minimum atomic E-state index is -0.310. The first-order valence-corrected chi connectivity index (χ1v) is 9.25. The first-order valence-electron chi connectivity index (χ1n) is 8.27. The van der Waals surface area contributed by atoms with Crippen molar-refractivity contribution in [3.63, 3.8) is 0 Å². The zero-order valence-corrected chi connectivity index (χ0v) is 15.4. The summed E-state index contributed by atoms with van der Waals surface area (Å²) in [5, 5.41) is 3.23. The summed E-state index contributed by atoms with van der Waals surface area (Å²) < 4.78 is 18.6. The van der Waals surface area contributed by atoms with Crippen molar-refractivity contribution in [3.8, 4) is 11.3 Å². The van der Waals surface area contributed by atoms with Gasteiger partial charge < -0.3 is 9.73 Å². The van der Waals surface area contributed by atoms with Gasteiger partial charge in [-0.3, -0.25) is 9.59 Å². The van der Waals surface area contributed by atoms with E-state index in [9.17, 15) is 14.0 Å². The molecule has 0 spiro atoms. The second-order valence-corrected chi connectivity index (χ2v) is 6.82. The average molecular weight is 384 g/mol. The lowest BCUT2D eigenvalue weighted by Crippen LogP contribution is -2.12. The highest BCUT2D eigenvalue weighted by atomic mass is 32.2. The number of hydrogen-bond acceptors (Lipinski definition) is 5. The normalized spacial score (nSPS) is 10.6. The van der Waals surface area contributed by atoms with E-state index in [4.69, 9.17) is 4.42 Å². The fraction of sp³-hybridized carbons (Fsp3) is 0.150. The van der Waals surface area contributed by atoms with Crippen LogP contribution < -0.4 is 5.32 Å². The number of Topliss-reactive ketones (excluding diaryl/α,β-unsaturated/α-hetero) is 1. The van der Waals surface area contributed by atoms with Crippen LogP contribution in [0.15, 0.2) is 64.4 Å². The van der Waals surface area contributed by atoms with Crippen molar-refractivity contribution in [2.75, 3.05) is 11.1 Å². The average Bonchev–Trinajstić information content (AvgIpc) is 3.11. The Balaban J connectivity index is 1.47. The summed E-state index contributed by atoms with van der Waals surface area (Å²) in [6.07, 6.45) is 1.86. The highest BCUT2D eigenvalue weighted by Crippen LogP contribution is 2.26. The number of carbonyl (C=O) groups excluding carboxylic acids is 2. The van der Waals surface area contributed by atoms with Crippen molar-refractivity contribution >= 4 is 29.1 Å². The second-order valence-electron chi connectivity index (χ2n) is 5.78. The third kappa shape index (κ3) is 5.27. The van der Waals surface area contributed by atoms with Crippen LogP contribution in [0.3, 0.4) is 0 Å². The summed E-state index contributed by atoms with van der Waals surface area (Å²) in [5.74, 6) is 0.585. The molecule has 5 nitrogen and oxygen atoms in total. The lowest BCUT2D eigenvalue weighted by molar-refractivity contribution is -0.115. The molecule has 138 valence electrons. The van der Waals surface area contributed by atoms with Crippen molar-refractivity contribution in [2.24, 2.45) is 0 Å². The van der Waals surface area contributed by atoms with E-state index in [0.717, 1.165) is 5.56 Å². The topological polar surface area (TPSA) is 72.2 Å². The van der Waals surface area contributed by atoms with Crippen molar-refractivity contribution < 1.29 is 18.4 Å². The Morgan fingerprint density at radius 1 is 1.11 bits per heavy atom. The van der Waals surface area contributed by atoms with Gasteiger partial charge in [0.25, 0.3) is 5.22 Å². The Kier molecular flexibility index (Phi) is 6.03. The molecule has 3 aromatic rings. The van der Waals surface area contributed by atoms with E-state index in [1.165, 1.54) is 30.8 Å². The summed E-state index contributed by atoms with van der Waals surface area (Å²) >= 11 is 1.33. The molecule has 1 aromatic heterocycles. The summed E-state index contributed by atoms with van der Waals surface area (Å²) in [4.78, 5) is 27.4. The zero-order chi connectivity index (χ0) is 19.2. The standard InChI is InChI=1S/C20H17FN2O3S/c1-13(24)14-4-8-17(9-5-14)23-19(25)10-11-27-20-22-12-18(26-20)15-2-6-16(21)7-3-15/h2-9,12H,10-11H2,1H3,(H,23,25). The number of oxazole rings is 1. The Bertz CT molecular complexity index is 937. The van der Waals surface area contributed by atoms with Crippen LogP contribution in [-0.2, 0) is 4.79 Å². The van der Waals surface area contributed by atoms with Gasteiger partial charge in [0.15, 0.2) is 11.5 Å². The monoisotopic (exact) mass is 384 g/mol. The zero-order valence-electron chi connectivity index (χ0n) is 14.6. The number of ketones is 1. The summed E-state index contributed by atoms with van der Waals surface area (Å²) in [5.41, 5.74) is 1.98. The van der Waals surface area contributed by atoms with Crippen molar-refractivity contribution in [2.45, 2.75) is 18.6 Å². The van der Waals surface area contributed by atoms with Gasteiger partial charge in [0.2, 0.25) is 5.91 Å². The lowest BCUT2D eigenvalue weighted by Gasteiger charge is -2.05. The highest BCUT2D eigenvalue weighted by molar-refractivity contribution is 7.99. The third-order valence-corrected chi connectivity index (χ3v) is 4.59. The van der Waals surface area contributed by atoms with E-state index >= 15 is 0 Å². The Morgan fingerprint density at radius 2 is 1.81 bits per heavy atom. The molecule has 27 heavy (non-hydrogen) atoms. The fourth-order valence-corrected chi connectivity index (χ4v) is 3.05. The molecule has 7 heteroatoms. The number of thioether (sulfide) groups is 1. The molecule has 0 aliphatic rings. The van der Waals surface area contributed by atoms with Crippen LogP contribution in [0.25, 0.3) is 11.3 Å². The number of anilines is 1. The molecule has 0 saturated heterocycles. The Labute approximate surface area is 160 Å². The van der Waals surface area contributed by atoms with Crippen LogP contribution in [0.2, 0.25) is 0 Å². The molecule has 0 bridgehead atoms. The molecule has 0 radical (unpaired) electrons. The third-order valence-electron chi connectivity index (χ3n) is 3.74. The maximum atomic E-state index is 13.0. The molecule has 1 N–H and O–H groups in total. The lowest BCUT2D eigenvalue weighted by atomic mass is 10.1. The Hall–Kier alpha value is -2.93. The van der Waals surface area contributed by atoms with Gasteiger partial charge in [-0.2, -0.15) is 0 Å². The molecule has 1 heterocycles. The van der Waals surface area contributed by atoms with Crippen LogP contribution in [0.1, 0.15) is 23.7 Å². The number of nitrogens with zero attached hydrogens (tertiary/aromatic N) is 1. The molecular weight excluding hydrogens is 367 g/mol. The maximum Gasteiger partial charge on any atom is 0.256 e. The van der Waals surface area contributed by atoms with Crippen LogP contribution in [0.5, 0.6) is 0 Å². The van der Waals surface area contributed by atoms with E-state index in [-0.39, 0.29) is 23.9 Å². The minimum Gasteiger partial charge on any atom is -0.431 e. The van der Waals surface area contributed by atoms with Crippen LogP contribution >= 0.6 is 11.8 Å². The summed E-state index contributed by atoms with van der Waals surface area (Å²) in [6.45, 7) is 1.50. The predicted molar refractivity (Wildman–Crippen MR) is 102 cm³/mol. The molecule has 0 aliphatic carbocycles. The molecule has 0 atom stereocenters. The van der Waals surface area contributed by atoms with Gasteiger partial charge in [-0.15, -0.1) is 0 Å². The van der Waals surface area contributed by atoms with E-state index in [0.29, 0.717) is 28.0 Å². The first-order chi connectivity index (χ1) is 13.0. The number of carbonyl (C=O) groups is 2. The Morgan fingerprint density at radius 3 is 2.48 bits per heavy atom. The number of amides is 1. The number of aromatic nitrogens is 1. The SMILES string of the molecule is CC(=O)c1ccc(NC(=O)CCSc2ncc(-c3ccc(F)cc3)o2)cc1. The number of halogens is 1. The van der Waals surface area contributed by atoms with Crippen molar-refractivity contribution in [1.29, 1.82) is 0 Å². The van der Waals surface area contributed by atoms with Crippen LogP contribution in [-0.4, -0.2) is 22.4 Å². The number of nitrogens with one attached hydrogen (secondary N) is 1. The molecule has 2 aromatic carbocycles. The smallest absolute Gasteiger partial charge is 0.256 e. The predicted octanol–water partition coefficient (Wildman–Crippen LogP) is 4.80. The first kappa shape index (κ1) is 18.8. The maximum absolute atomic E-state index is 13.0. The number of rotatable bonds is 7. The van der Waals surface area contributed by atoms with E-state index in [1.807, 2.05) is 0 Å². The van der Waals surface area contributed by atoms with E-state index < -0.39 is 0 Å². The van der Waals surface area contributed by atoms with Crippen molar-refractivity contribution in [3.05, 3.63) is 66.1 Å². The molecule has 0 fully saturated rings. The minimum absolute atomic E-state index is 0.0183. The summed E-state index contributed by atoms with van der Waals surface area (Å²) in [6, 6.07) is 12.7. The van der Waals surface area contributed by atoms with E-state index in [1.54, 1.807) is 42.6 Å². The number of benzene rings is 2. The summed E-state index contributed by atoms with van der Waals surface area (Å²) in [7, 11) is 0. The van der Waals surface area contributed by atoms with Gasteiger partial charge >= 0.3 is 0 Å². The van der Waals surface area contributed by atoms with E-state index in [2.05, 4.69) is 10.3 Å². The molecule has 0 aliphatic heterocycles. The van der Waals surface area contributed by atoms with Crippen LogP contribution in [0, 0.1) is 5.82 Å². The second kappa shape index (κ2) is 8.64. The highest BCUT2D eigenvalue weighted by Gasteiger charge is 2.09. The molecule has 3 rings (SSSR count). The van der Waals surface area contributed by atoms with Crippen molar-refractivity contribution in [1.82, 2.24) is 4.98 Å². The van der Waals surface area contributed by atoms with Gasteiger partial charge in [0, 0.05) is 29.0 Å². The molecule has 1 amide bonds. The quantitative estimate of drug-likeness (QED) is 0.468. The largest absolute Gasteiger partial charge is 0.431 e. The van der Waals surface area contributed by atoms with Gasteiger partial charge in [-0.05, 0) is 55.5 Å². The van der Waals surface area contributed by atoms with Gasteiger partial charge in [-0.25, -0.2) is 9.37 Å². The number of hydrogen-bond donors (Lipinski definition) is 1. The van der Waals surface area contributed by atoms with Gasteiger partial charge in [-0.1, -0.05) is 11.8 Å². The van der Waals surface area contributed by atoms with Gasteiger partial charge in [0.1, 0.15) is 5.82 Å². The molecule has 0 saturated carbocycles. The molecule has 0 unspecified atom stereocenters.